The second-order valence-electron chi connectivity index (χ2n) is 6.05. The highest BCUT2D eigenvalue weighted by Gasteiger charge is 2.43. The molecule has 0 amide bonds. The van der Waals surface area contributed by atoms with Gasteiger partial charge in [0.1, 0.15) is 0 Å². The first-order valence-electron chi connectivity index (χ1n) is 7.11. The molecule has 0 heterocycles. The number of rotatable bonds is 3. The first-order chi connectivity index (χ1) is 8.59. The van der Waals surface area contributed by atoms with E-state index in [4.69, 9.17) is 0 Å². The maximum Gasteiger partial charge on any atom is 0.380 e. The van der Waals surface area contributed by atoms with Gasteiger partial charge in [-0.15, -0.1) is 0 Å². The molecule has 1 aromatic carbocycles. The molecule has 4 atom stereocenters. The van der Waals surface area contributed by atoms with Crippen LogP contribution in [0.3, 0.4) is 0 Å². The highest BCUT2D eigenvalue weighted by Crippen LogP contribution is 2.45. The van der Waals surface area contributed by atoms with Crippen molar-refractivity contribution < 1.29 is 4.57 Å². The Hall–Kier alpha value is -0.680. The monoisotopic (exact) mass is 263 g/mol. The van der Waals surface area contributed by atoms with Crippen molar-refractivity contribution in [3.05, 3.63) is 30.3 Å². The maximum atomic E-state index is 12.8. The zero-order valence-corrected chi connectivity index (χ0v) is 12.6. The van der Waals surface area contributed by atoms with E-state index in [1.54, 1.807) is 0 Å². The largest absolute Gasteiger partial charge is 0.380 e. The van der Waals surface area contributed by atoms with Gasteiger partial charge in [0.05, 0.1) is 0 Å². The lowest BCUT2D eigenvalue weighted by Gasteiger charge is -2.31. The van der Waals surface area contributed by atoms with Crippen LogP contribution in [0, 0.1) is 17.8 Å². The third-order valence-electron chi connectivity index (χ3n) is 4.30. The molecule has 98 valence electrons. The molecule has 2 unspecified atom stereocenters. The minimum absolute atomic E-state index is 0.381. The quantitative estimate of drug-likeness (QED) is 0.728. The van der Waals surface area contributed by atoms with Crippen LogP contribution in [0.5, 0.6) is 0 Å². The fourth-order valence-corrected chi connectivity index (χ4v) is 5.43. The zero-order valence-electron chi connectivity index (χ0n) is 11.7. The zero-order chi connectivity index (χ0) is 13.1. The molecule has 0 aromatic heterocycles. The van der Waals surface area contributed by atoms with E-state index >= 15 is 0 Å². The summed E-state index contributed by atoms with van der Waals surface area (Å²) in [5.41, 5.74) is 0.381. The van der Waals surface area contributed by atoms with Crippen molar-refractivity contribution in [1.29, 1.82) is 0 Å². The molecule has 1 nitrogen and oxygen atoms in total. The minimum atomic E-state index is -1.24. The van der Waals surface area contributed by atoms with Gasteiger partial charge >= 0.3 is 7.80 Å². The molecule has 1 aliphatic rings. The summed E-state index contributed by atoms with van der Waals surface area (Å²) in [6.07, 6.45) is 3.68. The Bertz CT molecular complexity index is 399. The summed E-state index contributed by atoms with van der Waals surface area (Å²) in [4.78, 5) is 0. The van der Waals surface area contributed by atoms with Crippen LogP contribution in [0.1, 0.15) is 40.0 Å². The second-order valence-corrected chi connectivity index (χ2v) is 7.89. The van der Waals surface area contributed by atoms with Gasteiger partial charge in [0.15, 0.2) is 11.0 Å². The smallest absolute Gasteiger partial charge is 0.0677 e. The van der Waals surface area contributed by atoms with Gasteiger partial charge in [-0.3, -0.25) is 0 Å². The number of benzene rings is 1. The molecule has 2 heteroatoms. The van der Waals surface area contributed by atoms with Crippen LogP contribution in [-0.2, 0) is 4.57 Å². The lowest BCUT2D eigenvalue weighted by atomic mass is 9.77. The summed E-state index contributed by atoms with van der Waals surface area (Å²) < 4.78 is 12.8. The van der Waals surface area contributed by atoms with Crippen LogP contribution in [0.4, 0.5) is 0 Å². The van der Waals surface area contributed by atoms with Crippen LogP contribution in [-0.4, -0.2) is 5.66 Å². The first-order valence-corrected chi connectivity index (χ1v) is 8.44. The molecular formula is C16H24OP+. The van der Waals surface area contributed by atoms with Gasteiger partial charge in [0.25, 0.3) is 0 Å². The van der Waals surface area contributed by atoms with E-state index in [0.717, 1.165) is 17.6 Å². The summed E-state index contributed by atoms with van der Waals surface area (Å²) >= 11 is 0. The third-order valence-corrected chi connectivity index (χ3v) is 6.30. The van der Waals surface area contributed by atoms with E-state index in [1.807, 2.05) is 30.3 Å². The molecule has 0 radical (unpaired) electrons. The van der Waals surface area contributed by atoms with Crippen molar-refractivity contribution in [2.75, 3.05) is 0 Å². The lowest BCUT2D eigenvalue weighted by molar-refractivity contribution is 0.239. The maximum absolute atomic E-state index is 12.8. The molecule has 0 spiro atoms. The van der Waals surface area contributed by atoms with Gasteiger partial charge in [-0.1, -0.05) is 50.0 Å². The van der Waals surface area contributed by atoms with Crippen LogP contribution in [0.15, 0.2) is 30.3 Å². The molecule has 1 aromatic rings. The summed E-state index contributed by atoms with van der Waals surface area (Å²) in [6, 6.07) is 10.0. The molecule has 2 rings (SSSR count). The van der Waals surface area contributed by atoms with E-state index in [9.17, 15) is 4.57 Å². The van der Waals surface area contributed by atoms with Gasteiger partial charge < -0.3 is 0 Å². The van der Waals surface area contributed by atoms with E-state index in [-0.39, 0.29) is 0 Å². The second kappa shape index (κ2) is 5.97. The summed E-state index contributed by atoms with van der Waals surface area (Å²) in [5.74, 6) is 2.00. The van der Waals surface area contributed by atoms with Crippen molar-refractivity contribution in [3.63, 3.8) is 0 Å². The lowest BCUT2D eigenvalue weighted by Crippen LogP contribution is -2.31. The van der Waals surface area contributed by atoms with Gasteiger partial charge in [0, 0.05) is 5.92 Å². The predicted octanol–water partition coefficient (Wildman–Crippen LogP) is 4.60. The van der Waals surface area contributed by atoms with Crippen molar-refractivity contribution in [1.82, 2.24) is 0 Å². The van der Waals surface area contributed by atoms with Gasteiger partial charge in [-0.25, -0.2) is 0 Å². The highest BCUT2D eigenvalue weighted by molar-refractivity contribution is 7.54. The van der Waals surface area contributed by atoms with Crippen LogP contribution >= 0.6 is 7.80 Å². The first kappa shape index (κ1) is 13.7. The highest BCUT2D eigenvalue weighted by atomic mass is 31.1. The topological polar surface area (TPSA) is 17.1 Å². The Morgan fingerprint density at radius 2 is 1.83 bits per heavy atom. The number of hydrogen-bond acceptors (Lipinski definition) is 1. The molecule has 1 fully saturated rings. The predicted molar refractivity (Wildman–Crippen MR) is 78.8 cm³/mol. The average Bonchev–Trinajstić information content (AvgIpc) is 2.38. The van der Waals surface area contributed by atoms with Crippen LogP contribution in [0.25, 0.3) is 0 Å². The summed E-state index contributed by atoms with van der Waals surface area (Å²) in [7, 11) is -1.24. The van der Waals surface area contributed by atoms with E-state index < -0.39 is 7.80 Å². The van der Waals surface area contributed by atoms with E-state index in [0.29, 0.717) is 17.5 Å². The van der Waals surface area contributed by atoms with E-state index in [2.05, 4.69) is 20.8 Å². The minimum Gasteiger partial charge on any atom is -0.0677 e. The molecule has 1 aliphatic carbocycles. The Kier molecular flexibility index (Phi) is 4.56. The SMILES string of the molecule is CC(C)[C@@H]1CC[C@@H](C)CC1[P+](=O)c1ccccc1. The van der Waals surface area contributed by atoms with Crippen molar-refractivity contribution in [2.45, 2.75) is 45.7 Å². The van der Waals surface area contributed by atoms with Crippen LogP contribution in [0.2, 0.25) is 0 Å². The van der Waals surface area contributed by atoms with Crippen LogP contribution < -0.4 is 5.30 Å². The van der Waals surface area contributed by atoms with E-state index in [1.165, 1.54) is 12.8 Å². The Morgan fingerprint density at radius 1 is 1.17 bits per heavy atom. The average molecular weight is 263 g/mol. The van der Waals surface area contributed by atoms with Gasteiger partial charge in [-0.2, -0.15) is 0 Å². The molecule has 0 aliphatic heterocycles. The normalized spacial score (nSPS) is 29.3. The Morgan fingerprint density at radius 3 is 2.44 bits per heavy atom. The fraction of sp³-hybridized carbons (Fsp3) is 0.625. The molecular weight excluding hydrogens is 239 g/mol. The summed E-state index contributed by atoms with van der Waals surface area (Å²) in [5, 5.41) is 1.04. The van der Waals surface area contributed by atoms with Crippen molar-refractivity contribution in [3.8, 4) is 0 Å². The van der Waals surface area contributed by atoms with Gasteiger partial charge in [0.2, 0.25) is 0 Å². The fourth-order valence-electron chi connectivity index (χ4n) is 3.19. The number of hydrogen-bond donors (Lipinski definition) is 0. The van der Waals surface area contributed by atoms with Gasteiger partial charge in [-0.05, 0) is 36.8 Å². The molecule has 0 N–H and O–H groups in total. The molecule has 0 saturated heterocycles. The van der Waals surface area contributed by atoms with Crippen molar-refractivity contribution >= 4 is 13.1 Å². The molecule has 0 bridgehead atoms. The Balaban J connectivity index is 2.20. The Labute approximate surface area is 112 Å². The molecule has 1 saturated carbocycles. The summed E-state index contributed by atoms with van der Waals surface area (Å²) in [6.45, 7) is 6.86. The third kappa shape index (κ3) is 3.01. The van der Waals surface area contributed by atoms with Crippen molar-refractivity contribution in [2.24, 2.45) is 17.8 Å². The standard InChI is InChI=1S/C16H24OP/c1-12(2)15-10-9-13(3)11-16(15)18(17)14-7-5-4-6-8-14/h4-8,12-13,15-16H,9-11H2,1-3H3/q+1/t13-,15+,16?/m1/s1. The molecule has 18 heavy (non-hydrogen) atoms.